The fourth-order valence-electron chi connectivity index (χ4n) is 2.47. The molecule has 0 atom stereocenters. The van der Waals surface area contributed by atoms with Crippen LogP contribution in [0.15, 0.2) is 42.5 Å². The van der Waals surface area contributed by atoms with Gasteiger partial charge in [0.2, 0.25) is 0 Å². The van der Waals surface area contributed by atoms with E-state index >= 15 is 0 Å². The van der Waals surface area contributed by atoms with Gasteiger partial charge in [-0.2, -0.15) is 0 Å². The lowest BCUT2D eigenvalue weighted by Gasteiger charge is -2.17. The van der Waals surface area contributed by atoms with Crippen molar-refractivity contribution in [2.45, 2.75) is 13.3 Å². The molecule has 0 fully saturated rings. The second-order valence-corrected chi connectivity index (χ2v) is 5.44. The number of carbonyl (C=O) groups excluding carboxylic acids is 2. The molecule has 5 nitrogen and oxygen atoms in total. The summed E-state index contributed by atoms with van der Waals surface area (Å²) in [4.78, 5) is 23.5. The molecule has 0 aromatic heterocycles. The Balaban J connectivity index is 2.46. The summed E-state index contributed by atoms with van der Waals surface area (Å²) >= 11 is 3.62. The van der Waals surface area contributed by atoms with E-state index in [1.54, 1.807) is 12.1 Å². The summed E-state index contributed by atoms with van der Waals surface area (Å²) in [6, 6.07) is 13.2. The quantitative estimate of drug-likeness (QED) is 0.478. The van der Waals surface area contributed by atoms with Crippen molar-refractivity contribution in [2.24, 2.45) is 0 Å². The van der Waals surface area contributed by atoms with Gasteiger partial charge in [0.05, 0.1) is 12.7 Å². The van der Waals surface area contributed by atoms with E-state index in [2.05, 4.69) is 27.1 Å². The number of nitrogens with one attached hydrogen (secondary N) is 1. The molecule has 2 aromatic carbocycles. The van der Waals surface area contributed by atoms with E-state index in [1.165, 1.54) is 7.11 Å². The smallest absolute Gasteiger partial charge is 0.350 e. The van der Waals surface area contributed by atoms with Crippen LogP contribution in [0.1, 0.15) is 27.0 Å². The van der Waals surface area contributed by atoms with Gasteiger partial charge < -0.3 is 14.2 Å². The molecule has 24 heavy (non-hydrogen) atoms. The number of aryl methyl sites for hydroxylation is 1. The van der Waals surface area contributed by atoms with Crippen molar-refractivity contribution in [3.05, 3.63) is 64.7 Å². The Morgan fingerprint density at radius 1 is 1.12 bits per heavy atom. The fourth-order valence-corrected chi connectivity index (χ4v) is 2.57. The number of anilines is 1. The summed E-state index contributed by atoms with van der Waals surface area (Å²) < 4.78 is 9.26. The topological polar surface area (TPSA) is 64.6 Å². The lowest BCUT2D eigenvalue weighted by Crippen LogP contribution is -2.18. The maximum absolute atomic E-state index is 12.1. The van der Waals surface area contributed by atoms with Gasteiger partial charge in [0.15, 0.2) is 0 Å². The van der Waals surface area contributed by atoms with Crippen molar-refractivity contribution >= 4 is 30.5 Å². The number of hydrogen-bond acceptors (Lipinski definition) is 6. The normalized spacial score (nSPS) is 10.1. The van der Waals surface area contributed by atoms with Gasteiger partial charge in [0.25, 0.3) is 0 Å². The number of rotatable bonds is 6. The maximum atomic E-state index is 12.1. The minimum Gasteiger partial charge on any atom is -0.468 e. The summed E-state index contributed by atoms with van der Waals surface area (Å²) in [5.41, 5.74) is 3.84. The number of thiol groups is 1. The van der Waals surface area contributed by atoms with Crippen molar-refractivity contribution < 1.29 is 18.5 Å². The van der Waals surface area contributed by atoms with E-state index in [0.29, 0.717) is 12.0 Å². The second kappa shape index (κ2) is 8.40. The molecule has 0 saturated heterocycles. The lowest BCUT2D eigenvalue weighted by molar-refractivity contribution is -0.138. The van der Waals surface area contributed by atoms with Gasteiger partial charge in [0, 0.05) is 25.0 Å². The Morgan fingerprint density at radius 3 is 2.46 bits per heavy atom. The van der Waals surface area contributed by atoms with Crippen molar-refractivity contribution in [2.75, 3.05) is 19.0 Å². The summed E-state index contributed by atoms with van der Waals surface area (Å²) in [7, 11) is 1.33. The molecule has 0 aliphatic rings. The van der Waals surface area contributed by atoms with Crippen LogP contribution in [0.5, 0.6) is 0 Å². The van der Waals surface area contributed by atoms with Crippen LogP contribution in [0.25, 0.3) is 0 Å². The third-order valence-corrected chi connectivity index (χ3v) is 3.85. The first-order valence-electron chi connectivity index (χ1n) is 7.39. The molecule has 2 aromatic rings. The fraction of sp³-hybridized carbons (Fsp3) is 0.222. The van der Waals surface area contributed by atoms with E-state index in [1.807, 2.05) is 37.3 Å². The zero-order valence-corrected chi connectivity index (χ0v) is 14.4. The minimum absolute atomic E-state index is 0.0124. The molecule has 0 spiro atoms. The summed E-state index contributed by atoms with van der Waals surface area (Å²) in [5.74, 6) is -0.924. The van der Waals surface area contributed by atoms with Gasteiger partial charge in [-0.3, -0.25) is 4.79 Å². The molecule has 1 N–H and O–H groups in total. The van der Waals surface area contributed by atoms with E-state index in [9.17, 15) is 9.59 Å². The monoisotopic (exact) mass is 345 g/mol. The molecule has 0 saturated carbocycles. The first-order chi connectivity index (χ1) is 11.6. The van der Waals surface area contributed by atoms with Gasteiger partial charge in [-0.05, 0) is 29.7 Å². The zero-order chi connectivity index (χ0) is 17.5. The highest BCUT2D eigenvalue weighted by molar-refractivity contribution is 7.75. The van der Waals surface area contributed by atoms with Crippen LogP contribution >= 0.6 is 12.9 Å². The second-order valence-electron chi connectivity index (χ2n) is 5.25. The van der Waals surface area contributed by atoms with Crippen LogP contribution in [0, 0.1) is 6.92 Å². The largest absolute Gasteiger partial charge is 0.468 e. The molecule has 6 heteroatoms. The van der Waals surface area contributed by atoms with E-state index in [-0.39, 0.29) is 12.5 Å². The number of hydrogen-bond donors (Lipinski definition) is 2. The van der Waals surface area contributed by atoms with Crippen molar-refractivity contribution in [1.82, 2.24) is 0 Å². The lowest BCUT2D eigenvalue weighted by atomic mass is 9.95. The number of methoxy groups -OCH3 is 1. The molecule has 0 heterocycles. The number of benzene rings is 2. The van der Waals surface area contributed by atoms with Crippen molar-refractivity contribution in [1.29, 1.82) is 0 Å². The third-order valence-electron chi connectivity index (χ3n) is 3.68. The van der Waals surface area contributed by atoms with Gasteiger partial charge >= 0.3 is 11.9 Å². The Hall–Kier alpha value is -2.47. The average molecular weight is 345 g/mol. The molecule has 0 amide bonds. The predicted molar refractivity (Wildman–Crippen MR) is 95.3 cm³/mol. The Kier molecular flexibility index (Phi) is 6.26. The van der Waals surface area contributed by atoms with E-state index < -0.39 is 5.97 Å². The molecular weight excluding hydrogens is 326 g/mol. The molecule has 2 rings (SSSR count). The third kappa shape index (κ3) is 4.29. The summed E-state index contributed by atoms with van der Waals surface area (Å²) in [6.07, 6.45) is 0.518. The van der Waals surface area contributed by atoms with Crippen LogP contribution in [0.3, 0.4) is 0 Å². The molecule has 0 bridgehead atoms. The van der Waals surface area contributed by atoms with E-state index in [0.717, 1.165) is 22.4 Å². The van der Waals surface area contributed by atoms with Gasteiger partial charge in [0.1, 0.15) is 6.54 Å². The Morgan fingerprint density at radius 2 is 1.83 bits per heavy atom. The average Bonchev–Trinajstić information content (AvgIpc) is 2.61. The van der Waals surface area contributed by atoms with Gasteiger partial charge in [-0.15, -0.1) is 0 Å². The van der Waals surface area contributed by atoms with Crippen LogP contribution in [-0.4, -0.2) is 25.6 Å². The summed E-state index contributed by atoms with van der Waals surface area (Å²) in [6.45, 7) is 1.92. The van der Waals surface area contributed by atoms with Gasteiger partial charge in [-0.25, -0.2) is 4.79 Å². The van der Waals surface area contributed by atoms with Crippen LogP contribution < -0.4 is 5.32 Å². The number of carbonyl (C=O) groups is 2. The Labute approximate surface area is 146 Å². The molecule has 0 radical (unpaired) electrons. The number of esters is 1. The van der Waals surface area contributed by atoms with E-state index in [4.69, 9.17) is 0 Å². The molecule has 0 aliphatic carbocycles. The van der Waals surface area contributed by atoms with Crippen molar-refractivity contribution in [3.63, 3.8) is 0 Å². The standard InChI is InChI=1S/C18H19NO4S/c1-12-8-9-14(18(21)23-24)15(10-13-6-4-3-5-7-13)17(12)19-11-16(20)22-2/h3-9,19,24H,10-11H2,1-2H3. The summed E-state index contributed by atoms with van der Waals surface area (Å²) in [5, 5.41) is 3.06. The van der Waals surface area contributed by atoms with Crippen molar-refractivity contribution in [3.8, 4) is 0 Å². The zero-order valence-electron chi connectivity index (χ0n) is 13.5. The highest BCUT2D eigenvalue weighted by atomic mass is 32.1. The SMILES string of the molecule is COC(=O)CNc1c(C)ccc(C(=O)OS)c1Cc1ccccc1. The molecule has 126 valence electrons. The predicted octanol–water partition coefficient (Wildman–Crippen LogP) is 3.17. The Bertz CT molecular complexity index is 731. The first-order valence-corrected chi connectivity index (χ1v) is 7.76. The minimum atomic E-state index is -0.537. The first kappa shape index (κ1) is 17.9. The van der Waals surface area contributed by atoms with Crippen LogP contribution in [-0.2, 0) is 20.1 Å². The number of ether oxygens (including phenoxy) is 1. The highest BCUT2D eigenvalue weighted by Gasteiger charge is 2.18. The highest BCUT2D eigenvalue weighted by Crippen LogP contribution is 2.28. The van der Waals surface area contributed by atoms with Crippen LogP contribution in [0.2, 0.25) is 0 Å². The molecule has 0 aliphatic heterocycles. The molecule has 0 unspecified atom stereocenters. The van der Waals surface area contributed by atoms with Gasteiger partial charge in [-0.1, -0.05) is 36.4 Å². The molecular formula is C18H19NO4S. The maximum Gasteiger partial charge on any atom is 0.350 e. The van der Waals surface area contributed by atoms with Crippen LogP contribution in [0.4, 0.5) is 5.69 Å².